The van der Waals surface area contributed by atoms with Crippen LogP contribution in [0.25, 0.3) is 0 Å². The van der Waals surface area contributed by atoms with Crippen molar-refractivity contribution in [3.63, 3.8) is 0 Å². The second-order valence-electron chi connectivity index (χ2n) is 2.71. The summed E-state index contributed by atoms with van der Waals surface area (Å²) in [6.07, 6.45) is -0.283. The number of hydrogen-bond acceptors (Lipinski definition) is 5. The summed E-state index contributed by atoms with van der Waals surface area (Å²) in [5.74, 6) is 0.499. The molecule has 1 unspecified atom stereocenters. The van der Waals surface area contributed by atoms with E-state index in [-0.39, 0.29) is 11.4 Å². The molecule has 0 saturated carbocycles. The Bertz CT molecular complexity index is 270. The Balaban J connectivity index is 1.93. The average molecular weight is 201 g/mol. The number of rotatable bonds is 2. The van der Waals surface area contributed by atoms with Crippen molar-refractivity contribution in [2.75, 3.05) is 19.7 Å². The number of thiophene rings is 1. The molecule has 1 aliphatic heterocycles. The number of hydrogen-bond donors (Lipinski definition) is 2. The van der Waals surface area contributed by atoms with Gasteiger partial charge in [0.05, 0.1) is 13.2 Å². The number of morpholine rings is 1. The monoisotopic (exact) mass is 201 g/mol. The fourth-order valence-electron chi connectivity index (χ4n) is 1.14. The quantitative estimate of drug-likeness (QED) is 0.742. The van der Waals surface area contributed by atoms with E-state index in [1.165, 1.54) is 11.3 Å². The van der Waals surface area contributed by atoms with E-state index in [4.69, 9.17) is 9.47 Å². The van der Waals surface area contributed by atoms with Crippen LogP contribution >= 0.6 is 11.3 Å². The molecule has 72 valence electrons. The standard InChI is InChI=1S/C8H11NO3S/c10-8-6(1-4-13-8)12-7-5-9-2-3-11-7/h1,4,7,9-10H,2-3,5H2. The van der Waals surface area contributed by atoms with E-state index >= 15 is 0 Å². The molecule has 0 aromatic carbocycles. The maximum absolute atomic E-state index is 9.30. The summed E-state index contributed by atoms with van der Waals surface area (Å²) in [5, 5.41) is 14.4. The topological polar surface area (TPSA) is 50.7 Å². The van der Waals surface area contributed by atoms with Gasteiger partial charge in [0.2, 0.25) is 11.4 Å². The molecule has 0 amide bonds. The van der Waals surface area contributed by atoms with E-state index < -0.39 is 0 Å². The van der Waals surface area contributed by atoms with Gasteiger partial charge in [0, 0.05) is 6.54 Å². The molecule has 2 N–H and O–H groups in total. The van der Waals surface area contributed by atoms with Gasteiger partial charge in [-0.3, -0.25) is 0 Å². The zero-order valence-electron chi connectivity index (χ0n) is 7.03. The molecule has 2 heterocycles. The van der Waals surface area contributed by atoms with Crippen LogP contribution in [0.1, 0.15) is 0 Å². The van der Waals surface area contributed by atoms with Crippen molar-refractivity contribution in [1.82, 2.24) is 5.32 Å². The maximum Gasteiger partial charge on any atom is 0.214 e. The minimum Gasteiger partial charge on any atom is -0.497 e. The second-order valence-corrected chi connectivity index (χ2v) is 3.61. The van der Waals surface area contributed by atoms with Gasteiger partial charge in [-0.05, 0) is 11.4 Å². The number of aromatic hydroxyl groups is 1. The molecule has 0 spiro atoms. The van der Waals surface area contributed by atoms with Crippen LogP contribution in [0.15, 0.2) is 11.4 Å². The van der Waals surface area contributed by atoms with Crippen LogP contribution in [-0.4, -0.2) is 31.1 Å². The molecule has 1 atom stereocenters. The fraction of sp³-hybridized carbons (Fsp3) is 0.500. The summed E-state index contributed by atoms with van der Waals surface area (Å²) in [5.41, 5.74) is 0. The molecule has 1 saturated heterocycles. The van der Waals surface area contributed by atoms with Crippen molar-refractivity contribution in [2.45, 2.75) is 6.29 Å². The molecule has 1 aromatic rings. The van der Waals surface area contributed by atoms with Gasteiger partial charge in [-0.15, -0.1) is 11.3 Å². The van der Waals surface area contributed by atoms with Crippen molar-refractivity contribution in [3.8, 4) is 10.8 Å². The van der Waals surface area contributed by atoms with Gasteiger partial charge in [0.15, 0.2) is 5.75 Å². The maximum atomic E-state index is 9.30. The summed E-state index contributed by atoms with van der Waals surface area (Å²) in [7, 11) is 0. The largest absolute Gasteiger partial charge is 0.497 e. The van der Waals surface area contributed by atoms with Crippen molar-refractivity contribution >= 4 is 11.3 Å². The highest BCUT2D eigenvalue weighted by molar-refractivity contribution is 7.12. The zero-order chi connectivity index (χ0) is 9.10. The van der Waals surface area contributed by atoms with Crippen LogP contribution in [0.5, 0.6) is 10.8 Å². The van der Waals surface area contributed by atoms with Gasteiger partial charge in [-0.1, -0.05) is 0 Å². The zero-order valence-corrected chi connectivity index (χ0v) is 7.84. The third-order valence-electron chi connectivity index (χ3n) is 1.76. The molecule has 4 nitrogen and oxygen atoms in total. The molecule has 13 heavy (non-hydrogen) atoms. The Kier molecular flexibility index (Phi) is 2.68. The van der Waals surface area contributed by atoms with Gasteiger partial charge in [-0.25, -0.2) is 0 Å². The Morgan fingerprint density at radius 2 is 2.62 bits per heavy atom. The molecule has 1 aliphatic rings. The van der Waals surface area contributed by atoms with Crippen LogP contribution in [0.3, 0.4) is 0 Å². The van der Waals surface area contributed by atoms with E-state index in [1.54, 1.807) is 11.4 Å². The third kappa shape index (κ3) is 2.12. The van der Waals surface area contributed by atoms with Gasteiger partial charge < -0.3 is 19.9 Å². The summed E-state index contributed by atoms with van der Waals surface area (Å²) in [4.78, 5) is 0. The SMILES string of the molecule is Oc1sccc1OC1CNCCO1. The summed E-state index contributed by atoms with van der Waals surface area (Å²) in [6.45, 7) is 2.17. The molecule has 1 fully saturated rings. The molecular weight excluding hydrogens is 190 g/mol. The first-order chi connectivity index (χ1) is 6.36. The second kappa shape index (κ2) is 3.95. The molecular formula is C8H11NO3S. The number of nitrogens with one attached hydrogen (secondary N) is 1. The van der Waals surface area contributed by atoms with E-state index in [1.807, 2.05) is 0 Å². The predicted octanol–water partition coefficient (Wildman–Crippen LogP) is 0.778. The van der Waals surface area contributed by atoms with Crippen LogP contribution in [0, 0.1) is 0 Å². The molecule has 0 radical (unpaired) electrons. The summed E-state index contributed by atoms with van der Waals surface area (Å²) >= 11 is 1.25. The Labute approximate surface area is 80.1 Å². The Morgan fingerprint density at radius 1 is 1.69 bits per heavy atom. The molecule has 1 aromatic heterocycles. The lowest BCUT2D eigenvalue weighted by Gasteiger charge is -2.23. The van der Waals surface area contributed by atoms with Gasteiger partial charge >= 0.3 is 0 Å². The van der Waals surface area contributed by atoms with E-state index in [9.17, 15) is 5.11 Å². The molecule has 5 heteroatoms. The highest BCUT2D eigenvalue weighted by atomic mass is 32.1. The first-order valence-corrected chi connectivity index (χ1v) is 4.99. The third-order valence-corrected chi connectivity index (χ3v) is 2.46. The lowest BCUT2D eigenvalue weighted by atomic mass is 10.5. The Morgan fingerprint density at radius 3 is 3.23 bits per heavy atom. The summed E-state index contributed by atoms with van der Waals surface area (Å²) < 4.78 is 10.7. The van der Waals surface area contributed by atoms with E-state index in [2.05, 4.69) is 5.32 Å². The van der Waals surface area contributed by atoms with Gasteiger partial charge in [0.25, 0.3) is 0 Å². The van der Waals surface area contributed by atoms with Crippen LogP contribution in [-0.2, 0) is 4.74 Å². The van der Waals surface area contributed by atoms with Gasteiger partial charge in [-0.2, -0.15) is 0 Å². The fourth-order valence-corrected chi connectivity index (χ4v) is 1.69. The summed E-state index contributed by atoms with van der Waals surface area (Å²) in [6, 6.07) is 1.73. The number of ether oxygens (including phenoxy) is 2. The van der Waals surface area contributed by atoms with E-state index in [0.29, 0.717) is 18.9 Å². The molecule has 0 bridgehead atoms. The van der Waals surface area contributed by atoms with Crippen molar-refractivity contribution in [3.05, 3.63) is 11.4 Å². The minimum atomic E-state index is -0.283. The molecule has 0 aliphatic carbocycles. The average Bonchev–Trinajstić information content (AvgIpc) is 2.54. The smallest absolute Gasteiger partial charge is 0.214 e. The Hall–Kier alpha value is -0.780. The van der Waals surface area contributed by atoms with Crippen LogP contribution in [0.4, 0.5) is 0 Å². The van der Waals surface area contributed by atoms with E-state index in [0.717, 1.165) is 6.54 Å². The highest BCUT2D eigenvalue weighted by Gasteiger charge is 2.16. The lowest BCUT2D eigenvalue weighted by molar-refractivity contribution is -0.0952. The van der Waals surface area contributed by atoms with Crippen LogP contribution < -0.4 is 10.1 Å². The predicted molar refractivity (Wildman–Crippen MR) is 49.2 cm³/mol. The van der Waals surface area contributed by atoms with Crippen molar-refractivity contribution in [2.24, 2.45) is 0 Å². The van der Waals surface area contributed by atoms with Crippen molar-refractivity contribution < 1.29 is 14.6 Å². The molecule has 2 rings (SSSR count). The first kappa shape index (κ1) is 8.80. The highest BCUT2D eigenvalue weighted by Crippen LogP contribution is 2.32. The van der Waals surface area contributed by atoms with Crippen molar-refractivity contribution in [1.29, 1.82) is 0 Å². The lowest BCUT2D eigenvalue weighted by Crippen LogP contribution is -2.41. The minimum absolute atomic E-state index is 0.203. The van der Waals surface area contributed by atoms with Crippen LogP contribution in [0.2, 0.25) is 0 Å². The first-order valence-electron chi connectivity index (χ1n) is 4.12. The normalized spacial score (nSPS) is 22.9. The van der Waals surface area contributed by atoms with Gasteiger partial charge in [0.1, 0.15) is 0 Å².